The van der Waals surface area contributed by atoms with E-state index in [2.05, 4.69) is 20.8 Å². The number of carbonyl (C=O) groups excluding carboxylic acids is 1. The number of hydrogen-bond donors (Lipinski definition) is 1. The van der Waals surface area contributed by atoms with Crippen LogP contribution in [-0.2, 0) is 4.79 Å². The maximum Gasteiger partial charge on any atom is 0.217 e. The standard InChI is InChI=1S/C12H25NO.C4H10/c1-2-3-4-5-6-7-8-9-10-11-12(13)14;1-3-4-2/h2-11H2,1H3,(H2,13,14);3-4H2,1-2H3. The van der Waals surface area contributed by atoms with E-state index in [-0.39, 0.29) is 5.91 Å². The average molecular weight is 257 g/mol. The van der Waals surface area contributed by atoms with Gasteiger partial charge in [-0.2, -0.15) is 0 Å². The van der Waals surface area contributed by atoms with Gasteiger partial charge in [-0.3, -0.25) is 4.79 Å². The van der Waals surface area contributed by atoms with Crippen molar-refractivity contribution < 1.29 is 4.79 Å². The number of primary amides is 1. The van der Waals surface area contributed by atoms with E-state index in [9.17, 15) is 4.79 Å². The van der Waals surface area contributed by atoms with E-state index < -0.39 is 0 Å². The second-order valence-corrected chi connectivity index (χ2v) is 5.04. The lowest BCUT2D eigenvalue weighted by molar-refractivity contribution is -0.118. The zero-order chi connectivity index (χ0) is 14.1. The fourth-order valence-corrected chi connectivity index (χ4v) is 1.61. The minimum atomic E-state index is -0.159. The molecule has 2 nitrogen and oxygen atoms in total. The summed E-state index contributed by atoms with van der Waals surface area (Å²) < 4.78 is 0. The molecule has 0 radical (unpaired) electrons. The predicted octanol–water partition coefficient (Wildman–Crippen LogP) is 5.20. The molecule has 0 spiro atoms. The lowest BCUT2D eigenvalue weighted by Gasteiger charge is -2.00. The molecule has 0 aromatic carbocycles. The van der Waals surface area contributed by atoms with Gasteiger partial charge >= 0.3 is 0 Å². The Morgan fingerprint density at radius 2 is 1.06 bits per heavy atom. The van der Waals surface area contributed by atoms with Crippen molar-refractivity contribution in [2.45, 2.75) is 97.8 Å². The number of unbranched alkanes of at least 4 members (excludes halogenated alkanes) is 9. The molecule has 0 fully saturated rings. The Balaban J connectivity index is 0. The van der Waals surface area contributed by atoms with Crippen LogP contribution >= 0.6 is 0 Å². The molecule has 18 heavy (non-hydrogen) atoms. The SMILES string of the molecule is CCCC.CCCCCCCCCCCC(N)=O. The van der Waals surface area contributed by atoms with E-state index in [0.717, 1.165) is 12.8 Å². The predicted molar refractivity (Wildman–Crippen MR) is 81.6 cm³/mol. The molecule has 0 aromatic heterocycles. The molecule has 0 aliphatic heterocycles. The van der Waals surface area contributed by atoms with Gasteiger partial charge in [0.2, 0.25) is 5.91 Å². The van der Waals surface area contributed by atoms with Gasteiger partial charge in [-0.1, -0.05) is 85.0 Å². The molecule has 0 saturated carbocycles. The number of rotatable bonds is 11. The van der Waals surface area contributed by atoms with E-state index in [1.807, 2.05) is 0 Å². The molecule has 0 heterocycles. The van der Waals surface area contributed by atoms with Crippen molar-refractivity contribution in [3.63, 3.8) is 0 Å². The Bertz CT molecular complexity index is 155. The van der Waals surface area contributed by atoms with Gasteiger partial charge in [0.05, 0.1) is 0 Å². The van der Waals surface area contributed by atoms with Gasteiger partial charge in [0.15, 0.2) is 0 Å². The van der Waals surface area contributed by atoms with Crippen LogP contribution in [0.15, 0.2) is 0 Å². The molecule has 0 unspecified atom stereocenters. The fraction of sp³-hybridized carbons (Fsp3) is 0.938. The van der Waals surface area contributed by atoms with Gasteiger partial charge in [0.1, 0.15) is 0 Å². The van der Waals surface area contributed by atoms with Crippen LogP contribution in [0.25, 0.3) is 0 Å². The molecule has 0 rings (SSSR count). The zero-order valence-corrected chi connectivity index (χ0v) is 13.0. The first-order valence-corrected chi connectivity index (χ1v) is 7.97. The summed E-state index contributed by atoms with van der Waals surface area (Å²) in [5.41, 5.74) is 5.05. The third-order valence-corrected chi connectivity index (χ3v) is 3.03. The van der Waals surface area contributed by atoms with Gasteiger partial charge in [0.25, 0.3) is 0 Å². The van der Waals surface area contributed by atoms with Gasteiger partial charge in [-0.15, -0.1) is 0 Å². The summed E-state index contributed by atoms with van der Waals surface area (Å²) in [4.78, 5) is 10.4. The lowest BCUT2D eigenvalue weighted by atomic mass is 10.1. The Labute approximate surface area is 115 Å². The van der Waals surface area contributed by atoms with Crippen molar-refractivity contribution >= 4 is 5.91 Å². The van der Waals surface area contributed by atoms with Crippen LogP contribution < -0.4 is 5.73 Å². The molecule has 0 aliphatic carbocycles. The van der Waals surface area contributed by atoms with Crippen molar-refractivity contribution in [3.05, 3.63) is 0 Å². The minimum absolute atomic E-state index is 0.159. The molecule has 2 N–H and O–H groups in total. The molecular weight excluding hydrogens is 222 g/mol. The summed E-state index contributed by atoms with van der Waals surface area (Å²) >= 11 is 0. The fourth-order valence-electron chi connectivity index (χ4n) is 1.61. The monoisotopic (exact) mass is 257 g/mol. The quantitative estimate of drug-likeness (QED) is 0.508. The van der Waals surface area contributed by atoms with Crippen molar-refractivity contribution in [1.29, 1.82) is 0 Å². The highest BCUT2D eigenvalue weighted by molar-refractivity contribution is 5.73. The molecule has 0 saturated heterocycles. The van der Waals surface area contributed by atoms with Crippen LogP contribution in [0, 0.1) is 0 Å². The minimum Gasteiger partial charge on any atom is -0.370 e. The number of hydrogen-bond acceptors (Lipinski definition) is 1. The maximum absolute atomic E-state index is 10.4. The van der Waals surface area contributed by atoms with E-state index in [0.29, 0.717) is 6.42 Å². The smallest absolute Gasteiger partial charge is 0.217 e. The maximum atomic E-state index is 10.4. The van der Waals surface area contributed by atoms with E-state index in [1.165, 1.54) is 57.8 Å². The molecular formula is C16H35NO. The normalized spacial score (nSPS) is 9.72. The summed E-state index contributed by atoms with van der Waals surface area (Å²) in [6.45, 7) is 6.60. The van der Waals surface area contributed by atoms with Gasteiger partial charge in [-0.05, 0) is 6.42 Å². The molecule has 0 aromatic rings. The summed E-state index contributed by atoms with van der Waals surface area (Å²) in [7, 11) is 0. The van der Waals surface area contributed by atoms with Crippen LogP contribution in [-0.4, -0.2) is 5.91 Å². The Kier molecular flexibility index (Phi) is 20.7. The third kappa shape index (κ3) is 24.6. The third-order valence-electron chi connectivity index (χ3n) is 3.03. The Morgan fingerprint density at radius 3 is 1.39 bits per heavy atom. The topological polar surface area (TPSA) is 43.1 Å². The second kappa shape index (κ2) is 18.8. The summed E-state index contributed by atoms with van der Waals surface area (Å²) in [5.74, 6) is -0.159. The molecule has 0 bridgehead atoms. The zero-order valence-electron chi connectivity index (χ0n) is 13.0. The van der Waals surface area contributed by atoms with Crippen LogP contribution in [0.3, 0.4) is 0 Å². The molecule has 0 aliphatic rings. The largest absolute Gasteiger partial charge is 0.370 e. The van der Waals surface area contributed by atoms with Crippen molar-refractivity contribution in [3.8, 4) is 0 Å². The highest BCUT2D eigenvalue weighted by Crippen LogP contribution is 2.10. The molecule has 0 atom stereocenters. The summed E-state index contributed by atoms with van der Waals surface area (Å²) in [6, 6.07) is 0. The Morgan fingerprint density at radius 1 is 0.667 bits per heavy atom. The number of amides is 1. The van der Waals surface area contributed by atoms with E-state index >= 15 is 0 Å². The van der Waals surface area contributed by atoms with Crippen LogP contribution in [0.5, 0.6) is 0 Å². The molecule has 1 amide bonds. The first-order valence-electron chi connectivity index (χ1n) is 7.97. The van der Waals surface area contributed by atoms with Crippen LogP contribution in [0.1, 0.15) is 97.8 Å². The van der Waals surface area contributed by atoms with E-state index in [1.54, 1.807) is 0 Å². The number of nitrogens with two attached hydrogens (primary N) is 1. The van der Waals surface area contributed by atoms with Crippen molar-refractivity contribution in [2.24, 2.45) is 5.73 Å². The van der Waals surface area contributed by atoms with Crippen molar-refractivity contribution in [1.82, 2.24) is 0 Å². The van der Waals surface area contributed by atoms with Crippen LogP contribution in [0.2, 0.25) is 0 Å². The highest BCUT2D eigenvalue weighted by atomic mass is 16.1. The van der Waals surface area contributed by atoms with Gasteiger partial charge in [0, 0.05) is 6.42 Å². The lowest BCUT2D eigenvalue weighted by Crippen LogP contribution is -2.09. The summed E-state index contributed by atoms with van der Waals surface area (Å²) in [5, 5.41) is 0. The first-order chi connectivity index (χ1) is 8.68. The second-order valence-electron chi connectivity index (χ2n) is 5.04. The van der Waals surface area contributed by atoms with Gasteiger partial charge in [-0.25, -0.2) is 0 Å². The highest BCUT2D eigenvalue weighted by Gasteiger charge is 1.94. The average Bonchev–Trinajstić information content (AvgIpc) is 2.37. The summed E-state index contributed by atoms with van der Waals surface area (Å²) in [6.07, 6.45) is 14.7. The van der Waals surface area contributed by atoms with E-state index in [4.69, 9.17) is 5.73 Å². The molecule has 2 heteroatoms. The van der Waals surface area contributed by atoms with Gasteiger partial charge < -0.3 is 5.73 Å². The molecule has 110 valence electrons. The first kappa shape index (κ1) is 19.8. The van der Waals surface area contributed by atoms with Crippen molar-refractivity contribution in [2.75, 3.05) is 0 Å². The Hall–Kier alpha value is -0.530. The van der Waals surface area contributed by atoms with Crippen LogP contribution in [0.4, 0.5) is 0 Å². The number of carbonyl (C=O) groups is 1.